The zero-order valence-corrected chi connectivity index (χ0v) is 14.2. The van der Waals surface area contributed by atoms with Crippen LogP contribution in [0.1, 0.15) is 20.8 Å². The van der Waals surface area contributed by atoms with Gasteiger partial charge in [0.1, 0.15) is 11.9 Å². The predicted octanol–water partition coefficient (Wildman–Crippen LogP) is 1.87. The van der Waals surface area contributed by atoms with Gasteiger partial charge >= 0.3 is 0 Å². The van der Waals surface area contributed by atoms with Crippen LogP contribution in [-0.2, 0) is 14.6 Å². The zero-order chi connectivity index (χ0) is 16.1. The molecule has 0 spiro atoms. The summed E-state index contributed by atoms with van der Waals surface area (Å²) in [5, 5.41) is 3.36. The standard InChI is InChI=1S/C15H25NO4S/c1-15(2,3)16-10-13(11-19-4)20-12-6-8-14(9-7-12)21(5,17)18/h6-9,13,16H,10-11H2,1-5H3. The van der Waals surface area contributed by atoms with Gasteiger partial charge in [0, 0.05) is 25.4 Å². The summed E-state index contributed by atoms with van der Waals surface area (Å²) >= 11 is 0. The highest BCUT2D eigenvalue weighted by Gasteiger charge is 2.16. The lowest BCUT2D eigenvalue weighted by molar-refractivity contribution is 0.0764. The third-order valence-corrected chi connectivity index (χ3v) is 3.90. The van der Waals surface area contributed by atoms with Crippen LogP contribution in [0.2, 0.25) is 0 Å². The highest BCUT2D eigenvalue weighted by atomic mass is 32.2. The Morgan fingerprint density at radius 1 is 1.19 bits per heavy atom. The van der Waals surface area contributed by atoms with E-state index < -0.39 is 9.84 Å². The van der Waals surface area contributed by atoms with Crippen molar-refractivity contribution in [3.8, 4) is 5.75 Å². The van der Waals surface area contributed by atoms with E-state index in [9.17, 15) is 8.42 Å². The van der Waals surface area contributed by atoms with Crippen molar-refractivity contribution in [1.29, 1.82) is 0 Å². The van der Waals surface area contributed by atoms with Gasteiger partial charge in [0.2, 0.25) is 0 Å². The van der Waals surface area contributed by atoms with Gasteiger partial charge in [-0.25, -0.2) is 8.42 Å². The first-order chi connectivity index (χ1) is 9.62. The molecule has 1 aromatic carbocycles. The molecular formula is C15H25NO4S. The van der Waals surface area contributed by atoms with Gasteiger partial charge in [0.25, 0.3) is 0 Å². The molecule has 0 aliphatic rings. The molecule has 5 nitrogen and oxygen atoms in total. The average molecular weight is 315 g/mol. The molecule has 21 heavy (non-hydrogen) atoms. The van der Waals surface area contributed by atoms with Gasteiger partial charge in [0.05, 0.1) is 11.5 Å². The first-order valence-electron chi connectivity index (χ1n) is 6.82. The second kappa shape index (κ2) is 7.24. The third kappa shape index (κ3) is 6.93. The first kappa shape index (κ1) is 17.9. The lowest BCUT2D eigenvalue weighted by atomic mass is 10.1. The van der Waals surface area contributed by atoms with E-state index in [1.165, 1.54) is 6.26 Å². The molecule has 0 saturated heterocycles. The number of benzene rings is 1. The van der Waals surface area contributed by atoms with Crippen molar-refractivity contribution in [2.75, 3.05) is 26.5 Å². The first-order valence-corrected chi connectivity index (χ1v) is 8.72. The maximum atomic E-state index is 11.4. The van der Waals surface area contributed by atoms with Crippen LogP contribution in [0.25, 0.3) is 0 Å². The fourth-order valence-electron chi connectivity index (χ4n) is 1.70. The molecular weight excluding hydrogens is 290 g/mol. The van der Waals surface area contributed by atoms with E-state index >= 15 is 0 Å². The molecule has 0 amide bonds. The van der Waals surface area contributed by atoms with Gasteiger partial charge in [-0.05, 0) is 45.0 Å². The molecule has 0 radical (unpaired) electrons. The van der Waals surface area contributed by atoms with Crippen molar-refractivity contribution in [1.82, 2.24) is 5.32 Å². The molecule has 0 aliphatic heterocycles. The van der Waals surface area contributed by atoms with Gasteiger partial charge in [-0.2, -0.15) is 0 Å². The van der Waals surface area contributed by atoms with Crippen LogP contribution in [0.4, 0.5) is 0 Å². The molecule has 120 valence electrons. The molecule has 1 aromatic rings. The Morgan fingerprint density at radius 3 is 2.19 bits per heavy atom. The topological polar surface area (TPSA) is 64.6 Å². The number of rotatable bonds is 7. The lowest BCUT2D eigenvalue weighted by Gasteiger charge is -2.25. The van der Waals surface area contributed by atoms with Gasteiger partial charge in [0.15, 0.2) is 9.84 Å². The second-order valence-corrected chi connectivity index (χ2v) is 8.09. The molecule has 0 bridgehead atoms. The van der Waals surface area contributed by atoms with Crippen LogP contribution in [0.15, 0.2) is 29.2 Å². The van der Waals surface area contributed by atoms with Gasteiger partial charge < -0.3 is 14.8 Å². The zero-order valence-electron chi connectivity index (χ0n) is 13.3. The van der Waals surface area contributed by atoms with Gasteiger partial charge in [-0.15, -0.1) is 0 Å². The third-order valence-electron chi connectivity index (χ3n) is 2.77. The molecule has 6 heteroatoms. The monoisotopic (exact) mass is 315 g/mol. The van der Waals surface area contributed by atoms with E-state index in [2.05, 4.69) is 26.1 Å². The van der Waals surface area contributed by atoms with Crippen molar-refractivity contribution in [3.05, 3.63) is 24.3 Å². The SMILES string of the molecule is COCC(CNC(C)(C)C)Oc1ccc(S(C)(=O)=O)cc1. The van der Waals surface area contributed by atoms with E-state index in [-0.39, 0.29) is 16.5 Å². The van der Waals surface area contributed by atoms with Crippen molar-refractivity contribution in [3.63, 3.8) is 0 Å². The van der Waals surface area contributed by atoms with Crippen LogP contribution in [0.5, 0.6) is 5.75 Å². The van der Waals surface area contributed by atoms with Crippen molar-refractivity contribution in [2.45, 2.75) is 37.3 Å². The number of hydrogen-bond acceptors (Lipinski definition) is 5. The summed E-state index contributed by atoms with van der Waals surface area (Å²) in [5.74, 6) is 0.625. The second-order valence-electron chi connectivity index (χ2n) is 6.07. The summed E-state index contributed by atoms with van der Waals surface area (Å²) in [6, 6.07) is 6.42. The van der Waals surface area contributed by atoms with Gasteiger partial charge in [-0.1, -0.05) is 0 Å². The predicted molar refractivity (Wildman–Crippen MR) is 83.6 cm³/mol. The lowest BCUT2D eigenvalue weighted by Crippen LogP contribution is -2.44. The smallest absolute Gasteiger partial charge is 0.175 e. The fraction of sp³-hybridized carbons (Fsp3) is 0.600. The highest BCUT2D eigenvalue weighted by Crippen LogP contribution is 2.17. The maximum absolute atomic E-state index is 11.4. The molecule has 0 fully saturated rings. The summed E-state index contributed by atoms with van der Waals surface area (Å²) < 4.78 is 33.8. The fourth-order valence-corrected chi connectivity index (χ4v) is 2.33. The Kier molecular flexibility index (Phi) is 6.19. The Morgan fingerprint density at radius 2 is 1.76 bits per heavy atom. The van der Waals surface area contributed by atoms with E-state index in [1.807, 2.05) is 0 Å². The number of sulfone groups is 1. The summed E-state index contributed by atoms with van der Waals surface area (Å²) in [5.41, 5.74) is -0.00447. The van der Waals surface area contributed by atoms with E-state index in [4.69, 9.17) is 9.47 Å². The number of methoxy groups -OCH3 is 1. The summed E-state index contributed by atoms with van der Waals surface area (Å²) in [6.45, 7) is 7.34. The van der Waals surface area contributed by atoms with Crippen LogP contribution < -0.4 is 10.1 Å². The maximum Gasteiger partial charge on any atom is 0.175 e. The Labute approximate surface area is 127 Å². The van der Waals surface area contributed by atoms with E-state index in [0.717, 1.165) is 0 Å². The summed E-state index contributed by atoms with van der Waals surface area (Å²) in [4.78, 5) is 0.283. The number of ether oxygens (including phenoxy) is 2. The number of hydrogen-bond donors (Lipinski definition) is 1. The Balaban J connectivity index is 2.70. The largest absolute Gasteiger partial charge is 0.487 e. The summed E-state index contributed by atoms with van der Waals surface area (Å²) in [7, 11) is -1.56. The van der Waals surface area contributed by atoms with Crippen LogP contribution in [0, 0.1) is 0 Å². The normalized spacial score (nSPS) is 14.0. The van der Waals surface area contributed by atoms with E-state index in [1.54, 1.807) is 31.4 Å². The number of nitrogens with one attached hydrogen (secondary N) is 1. The minimum absolute atomic E-state index is 0.00447. The molecule has 0 heterocycles. The Bertz CT molecular complexity index is 532. The van der Waals surface area contributed by atoms with Crippen molar-refractivity contribution < 1.29 is 17.9 Å². The van der Waals surface area contributed by atoms with Crippen LogP contribution in [-0.4, -0.2) is 46.6 Å². The van der Waals surface area contributed by atoms with Crippen molar-refractivity contribution in [2.24, 2.45) is 0 Å². The highest BCUT2D eigenvalue weighted by molar-refractivity contribution is 7.90. The van der Waals surface area contributed by atoms with E-state index in [0.29, 0.717) is 18.9 Å². The van der Waals surface area contributed by atoms with Crippen LogP contribution >= 0.6 is 0 Å². The van der Waals surface area contributed by atoms with Crippen LogP contribution in [0.3, 0.4) is 0 Å². The minimum Gasteiger partial charge on any atom is -0.487 e. The molecule has 0 aliphatic carbocycles. The molecule has 1 atom stereocenters. The summed E-state index contributed by atoms with van der Waals surface area (Å²) in [6.07, 6.45) is 1.04. The quantitative estimate of drug-likeness (QED) is 0.832. The molecule has 0 saturated carbocycles. The van der Waals surface area contributed by atoms with Crippen molar-refractivity contribution >= 4 is 9.84 Å². The average Bonchev–Trinajstić information content (AvgIpc) is 2.35. The molecule has 0 aromatic heterocycles. The molecule has 1 N–H and O–H groups in total. The molecule has 1 unspecified atom stereocenters. The van der Waals surface area contributed by atoms with Gasteiger partial charge in [-0.3, -0.25) is 0 Å². The Hall–Kier alpha value is -1.11. The minimum atomic E-state index is -3.18. The molecule has 1 rings (SSSR count).